The number of likely N-dealkylation sites (tertiary alicyclic amines) is 1. The Hall–Kier alpha value is -3.60. The summed E-state index contributed by atoms with van der Waals surface area (Å²) in [4.78, 5) is 47.5. The highest BCUT2D eigenvalue weighted by Crippen LogP contribution is 2.32. The molecule has 2 aromatic rings. The maximum atomic E-state index is 13.8. The van der Waals surface area contributed by atoms with Gasteiger partial charge in [-0.15, -0.1) is 0 Å². The zero-order chi connectivity index (χ0) is 29.9. The van der Waals surface area contributed by atoms with Crippen molar-refractivity contribution in [2.75, 3.05) is 32.7 Å². The molecule has 3 fully saturated rings. The number of ether oxygens (including phenoxy) is 1. The molecule has 3 aliphatic heterocycles. The molecule has 0 aliphatic carbocycles. The van der Waals surface area contributed by atoms with E-state index < -0.39 is 30.0 Å². The van der Waals surface area contributed by atoms with E-state index in [1.54, 1.807) is 22.8 Å². The van der Waals surface area contributed by atoms with Crippen molar-refractivity contribution < 1.29 is 32.3 Å². The number of carbonyl (C=O) groups is 3. The maximum absolute atomic E-state index is 13.8. The van der Waals surface area contributed by atoms with Crippen LogP contribution < -0.4 is 0 Å². The molecule has 2 atom stereocenters. The van der Waals surface area contributed by atoms with Crippen molar-refractivity contribution in [3.05, 3.63) is 70.8 Å². The highest BCUT2D eigenvalue weighted by atomic mass is 19.4. The Morgan fingerprint density at radius 2 is 1.71 bits per heavy atom. The van der Waals surface area contributed by atoms with Gasteiger partial charge in [-0.3, -0.25) is 14.5 Å². The third-order valence-electron chi connectivity index (χ3n) is 8.30. The number of rotatable bonds is 7. The SMILES string of the molecule is Cc1cc(COC(=O)N2CCC(=O)N3[C@@H]2CN(Cc2ccccc2)C(=O)[C@@H]3CCN2CCCCC2)cc(C(F)(F)F)c1. The van der Waals surface area contributed by atoms with E-state index in [9.17, 15) is 27.6 Å². The molecule has 0 bridgehead atoms. The topological polar surface area (TPSA) is 73.4 Å². The molecule has 3 heterocycles. The average Bonchev–Trinajstić information content (AvgIpc) is 2.96. The quantitative estimate of drug-likeness (QED) is 0.466. The van der Waals surface area contributed by atoms with E-state index >= 15 is 0 Å². The van der Waals surface area contributed by atoms with Crippen LogP contribution in [0.3, 0.4) is 0 Å². The van der Waals surface area contributed by atoms with E-state index in [0.29, 0.717) is 25.1 Å². The number of carbonyl (C=O) groups excluding carboxylic acids is 3. The van der Waals surface area contributed by atoms with Crippen LogP contribution in [0.15, 0.2) is 48.5 Å². The van der Waals surface area contributed by atoms with Gasteiger partial charge in [0.05, 0.1) is 12.1 Å². The van der Waals surface area contributed by atoms with Crippen molar-refractivity contribution >= 4 is 17.9 Å². The molecule has 0 spiro atoms. The van der Waals surface area contributed by atoms with E-state index in [-0.39, 0.29) is 43.5 Å². The number of aryl methyl sites for hydroxylation is 1. The van der Waals surface area contributed by atoms with Crippen molar-refractivity contribution in [3.8, 4) is 0 Å². The van der Waals surface area contributed by atoms with Gasteiger partial charge >= 0.3 is 12.3 Å². The summed E-state index contributed by atoms with van der Waals surface area (Å²) in [6, 6.07) is 12.4. The van der Waals surface area contributed by atoms with Crippen molar-refractivity contribution in [2.45, 2.75) is 70.6 Å². The number of fused-ring (bicyclic) bond motifs is 1. The fraction of sp³-hybridized carbons (Fsp3) is 0.516. The van der Waals surface area contributed by atoms with E-state index in [4.69, 9.17) is 4.74 Å². The molecule has 0 unspecified atom stereocenters. The minimum absolute atomic E-state index is 0.0421. The Balaban J connectivity index is 1.35. The predicted octanol–water partition coefficient (Wildman–Crippen LogP) is 4.80. The Labute approximate surface area is 244 Å². The second-order valence-electron chi connectivity index (χ2n) is 11.4. The molecule has 2 aromatic carbocycles. The molecular formula is C31H37F3N4O4. The fourth-order valence-electron chi connectivity index (χ4n) is 6.24. The lowest BCUT2D eigenvalue weighted by Crippen LogP contribution is -2.71. The molecule has 42 heavy (non-hydrogen) atoms. The summed E-state index contributed by atoms with van der Waals surface area (Å²) in [6.45, 7) is 4.37. The second kappa shape index (κ2) is 12.7. The molecule has 0 saturated carbocycles. The van der Waals surface area contributed by atoms with E-state index in [1.807, 2.05) is 30.3 Å². The Morgan fingerprint density at radius 3 is 2.43 bits per heavy atom. The highest BCUT2D eigenvalue weighted by molar-refractivity contribution is 5.90. The molecule has 5 rings (SSSR count). The van der Waals surface area contributed by atoms with Crippen LogP contribution >= 0.6 is 0 Å². The molecule has 0 N–H and O–H groups in total. The van der Waals surface area contributed by atoms with Gasteiger partial charge in [0.1, 0.15) is 18.8 Å². The van der Waals surface area contributed by atoms with Crippen molar-refractivity contribution in [1.82, 2.24) is 19.6 Å². The Bertz CT molecular complexity index is 1280. The number of benzene rings is 2. The fourth-order valence-corrected chi connectivity index (χ4v) is 6.24. The van der Waals surface area contributed by atoms with Crippen LogP contribution in [-0.4, -0.2) is 82.4 Å². The Morgan fingerprint density at radius 1 is 0.976 bits per heavy atom. The molecular weight excluding hydrogens is 549 g/mol. The standard InChI is InChI=1S/C31H37F3N4O4/c1-22-16-24(18-25(17-22)31(32,33)34)21-42-30(41)37-15-11-28(39)38-26(10-14-35-12-6-3-7-13-35)29(40)36(20-27(37)38)19-23-8-4-2-5-9-23/h2,4-5,8-9,16-18,26-27H,3,6-7,10-15,19-21H2,1H3/t26-,27+/m0/s1. The van der Waals surface area contributed by atoms with Crippen LogP contribution in [0.25, 0.3) is 0 Å². The Kier molecular flexibility index (Phi) is 9.05. The van der Waals surface area contributed by atoms with Crippen LogP contribution in [0.5, 0.6) is 0 Å². The summed E-state index contributed by atoms with van der Waals surface area (Å²) in [6.07, 6.45) is -2.07. The van der Waals surface area contributed by atoms with E-state index in [2.05, 4.69) is 4.90 Å². The lowest BCUT2D eigenvalue weighted by atomic mass is 10.00. The van der Waals surface area contributed by atoms with Crippen molar-refractivity contribution in [3.63, 3.8) is 0 Å². The number of hydrogen-bond donors (Lipinski definition) is 0. The van der Waals surface area contributed by atoms with Crippen molar-refractivity contribution in [1.29, 1.82) is 0 Å². The summed E-state index contributed by atoms with van der Waals surface area (Å²) in [5.74, 6) is -0.330. The van der Waals surface area contributed by atoms with Gasteiger partial charge in [-0.2, -0.15) is 13.2 Å². The predicted molar refractivity (Wildman–Crippen MR) is 149 cm³/mol. The van der Waals surface area contributed by atoms with Crippen LogP contribution in [0.1, 0.15) is 54.4 Å². The second-order valence-corrected chi connectivity index (χ2v) is 11.4. The number of piperazine rings is 1. The number of nitrogens with zero attached hydrogens (tertiary/aromatic N) is 4. The zero-order valence-corrected chi connectivity index (χ0v) is 23.8. The van der Waals surface area contributed by atoms with Crippen LogP contribution in [0, 0.1) is 6.92 Å². The molecule has 0 aromatic heterocycles. The van der Waals surface area contributed by atoms with Gasteiger partial charge in [-0.25, -0.2) is 4.79 Å². The van der Waals surface area contributed by atoms with E-state index in [1.165, 1.54) is 11.3 Å². The van der Waals surface area contributed by atoms with Gasteiger partial charge in [0.15, 0.2) is 0 Å². The summed E-state index contributed by atoms with van der Waals surface area (Å²) >= 11 is 0. The molecule has 8 nitrogen and oxygen atoms in total. The van der Waals surface area contributed by atoms with Gasteiger partial charge in [-0.05, 0) is 62.5 Å². The summed E-state index contributed by atoms with van der Waals surface area (Å²) in [7, 11) is 0. The van der Waals surface area contributed by atoms with Gasteiger partial charge in [0.2, 0.25) is 11.8 Å². The molecule has 226 valence electrons. The summed E-state index contributed by atoms with van der Waals surface area (Å²) < 4.78 is 45.5. The summed E-state index contributed by atoms with van der Waals surface area (Å²) in [5.41, 5.74) is 0.765. The first-order valence-corrected chi connectivity index (χ1v) is 14.6. The molecule has 3 aliphatic rings. The molecule has 3 amide bonds. The zero-order valence-electron chi connectivity index (χ0n) is 23.8. The van der Waals surface area contributed by atoms with Crippen LogP contribution in [-0.2, 0) is 33.7 Å². The first-order chi connectivity index (χ1) is 20.1. The first kappa shape index (κ1) is 29.9. The third kappa shape index (κ3) is 6.88. The van der Waals surface area contributed by atoms with Gasteiger partial charge in [0, 0.05) is 26.1 Å². The number of halogens is 3. The number of hydrogen-bond acceptors (Lipinski definition) is 5. The summed E-state index contributed by atoms with van der Waals surface area (Å²) in [5, 5.41) is 0. The lowest BCUT2D eigenvalue weighted by Gasteiger charge is -2.52. The third-order valence-corrected chi connectivity index (χ3v) is 8.30. The largest absolute Gasteiger partial charge is 0.444 e. The van der Waals surface area contributed by atoms with Crippen molar-refractivity contribution in [2.24, 2.45) is 0 Å². The number of amides is 3. The lowest BCUT2D eigenvalue weighted by molar-refractivity contribution is -0.169. The number of alkyl halides is 3. The van der Waals surface area contributed by atoms with Crippen LogP contribution in [0.2, 0.25) is 0 Å². The monoisotopic (exact) mass is 586 g/mol. The van der Waals surface area contributed by atoms with Gasteiger partial charge in [0.25, 0.3) is 0 Å². The van der Waals surface area contributed by atoms with Crippen LogP contribution in [0.4, 0.5) is 18.0 Å². The van der Waals surface area contributed by atoms with E-state index in [0.717, 1.165) is 43.6 Å². The number of piperidine rings is 1. The molecule has 11 heteroatoms. The smallest absolute Gasteiger partial charge is 0.416 e. The van der Waals surface area contributed by atoms with Gasteiger partial charge in [-0.1, -0.05) is 48.4 Å². The normalized spacial score (nSPS) is 21.9. The molecule has 0 radical (unpaired) electrons. The first-order valence-electron chi connectivity index (χ1n) is 14.6. The minimum atomic E-state index is -4.52. The van der Waals surface area contributed by atoms with Gasteiger partial charge < -0.3 is 19.4 Å². The maximum Gasteiger partial charge on any atom is 0.416 e. The minimum Gasteiger partial charge on any atom is -0.444 e. The molecule has 3 saturated heterocycles. The average molecular weight is 587 g/mol. The highest BCUT2D eigenvalue weighted by Gasteiger charge is 2.49.